The molecule has 0 bridgehead atoms. The van der Waals surface area contributed by atoms with Crippen molar-refractivity contribution in [3.05, 3.63) is 58.4 Å². The molecule has 0 unspecified atom stereocenters. The van der Waals surface area contributed by atoms with Crippen LogP contribution < -0.4 is 19.0 Å². The van der Waals surface area contributed by atoms with Crippen LogP contribution in [0.2, 0.25) is 5.02 Å². The first kappa shape index (κ1) is 22.9. The highest BCUT2D eigenvalue weighted by Crippen LogP contribution is 2.39. The number of ether oxygens (including phenoxy) is 3. The van der Waals surface area contributed by atoms with Gasteiger partial charge in [-0.05, 0) is 51.1 Å². The Balaban J connectivity index is 2.13. The number of amides is 1. The molecule has 2 aromatic carbocycles. The summed E-state index contributed by atoms with van der Waals surface area (Å²) in [7, 11) is 0. The zero-order chi connectivity index (χ0) is 22.4. The van der Waals surface area contributed by atoms with Gasteiger partial charge in [0, 0.05) is 17.1 Å². The third-order valence-corrected chi connectivity index (χ3v) is 5.59. The van der Waals surface area contributed by atoms with Gasteiger partial charge in [-0.2, -0.15) is 4.99 Å². The topological polar surface area (TPSA) is 62.1 Å². The maximum atomic E-state index is 13.1. The minimum atomic E-state index is -0.402. The minimum Gasteiger partial charge on any atom is -0.490 e. The molecule has 0 aliphatic carbocycles. The van der Waals surface area contributed by atoms with Crippen LogP contribution in [0.3, 0.4) is 0 Å². The summed E-state index contributed by atoms with van der Waals surface area (Å²) < 4.78 is 20.0. The summed E-state index contributed by atoms with van der Waals surface area (Å²) in [6, 6.07) is 8.88. The minimum absolute atomic E-state index is 0.357. The largest absolute Gasteiger partial charge is 0.490 e. The van der Waals surface area contributed by atoms with E-state index < -0.39 is 5.91 Å². The molecule has 6 nitrogen and oxygen atoms in total. The summed E-state index contributed by atoms with van der Waals surface area (Å²) >= 11 is 7.53. The maximum absolute atomic E-state index is 13.1. The van der Waals surface area contributed by atoms with Crippen molar-refractivity contribution in [2.24, 2.45) is 4.99 Å². The molecule has 0 saturated heterocycles. The van der Waals surface area contributed by atoms with Crippen molar-refractivity contribution in [2.75, 3.05) is 19.8 Å². The van der Waals surface area contributed by atoms with Gasteiger partial charge in [-0.25, -0.2) is 0 Å². The van der Waals surface area contributed by atoms with E-state index in [2.05, 4.69) is 11.6 Å². The summed E-state index contributed by atoms with van der Waals surface area (Å²) in [5, 5.41) is 0.631. The smallest absolute Gasteiger partial charge is 0.279 e. The highest BCUT2D eigenvalue weighted by molar-refractivity contribution is 7.16. The number of halogens is 1. The predicted molar refractivity (Wildman–Crippen MR) is 125 cm³/mol. The number of carbonyl (C=O) groups excluding carboxylic acids is 1. The van der Waals surface area contributed by atoms with Gasteiger partial charge in [0.15, 0.2) is 16.3 Å². The predicted octanol–water partition coefficient (Wildman–Crippen LogP) is 5.48. The van der Waals surface area contributed by atoms with E-state index in [1.807, 2.05) is 43.5 Å². The van der Waals surface area contributed by atoms with Crippen molar-refractivity contribution in [3.8, 4) is 17.2 Å². The lowest BCUT2D eigenvalue weighted by atomic mass is 10.1. The molecular weight excluding hydrogens is 436 g/mol. The molecule has 1 aromatic heterocycles. The maximum Gasteiger partial charge on any atom is 0.279 e. The first-order valence-corrected chi connectivity index (χ1v) is 11.3. The highest BCUT2D eigenvalue weighted by Gasteiger charge is 2.18. The Kier molecular flexibility index (Phi) is 7.76. The molecule has 31 heavy (non-hydrogen) atoms. The van der Waals surface area contributed by atoms with E-state index in [1.54, 1.807) is 18.2 Å². The van der Waals surface area contributed by atoms with Crippen LogP contribution in [-0.2, 0) is 6.54 Å². The zero-order valence-corrected chi connectivity index (χ0v) is 19.4. The summed E-state index contributed by atoms with van der Waals surface area (Å²) in [5.74, 6) is 0.994. The number of nitrogens with zero attached hydrogens (tertiary/aromatic N) is 2. The Bertz CT molecular complexity index is 1140. The number of carbonyl (C=O) groups is 1. The molecule has 0 fully saturated rings. The van der Waals surface area contributed by atoms with Crippen molar-refractivity contribution in [1.82, 2.24) is 4.57 Å². The second-order valence-electron chi connectivity index (χ2n) is 6.41. The van der Waals surface area contributed by atoms with Gasteiger partial charge in [-0.3, -0.25) is 4.79 Å². The number of benzene rings is 2. The van der Waals surface area contributed by atoms with Crippen LogP contribution in [0.5, 0.6) is 17.2 Å². The molecule has 8 heteroatoms. The Hall–Kier alpha value is -2.77. The molecule has 3 rings (SSSR count). The Morgan fingerprint density at radius 2 is 1.74 bits per heavy atom. The third kappa shape index (κ3) is 5.11. The van der Waals surface area contributed by atoms with Crippen molar-refractivity contribution in [2.45, 2.75) is 27.3 Å². The molecule has 0 radical (unpaired) electrons. The van der Waals surface area contributed by atoms with Gasteiger partial charge < -0.3 is 18.8 Å². The quantitative estimate of drug-likeness (QED) is 0.397. The van der Waals surface area contributed by atoms with E-state index in [9.17, 15) is 4.79 Å². The number of hydrogen-bond acceptors (Lipinski definition) is 5. The molecule has 0 spiro atoms. The Morgan fingerprint density at radius 1 is 1.10 bits per heavy atom. The third-order valence-electron chi connectivity index (χ3n) is 4.31. The highest BCUT2D eigenvalue weighted by atomic mass is 35.5. The van der Waals surface area contributed by atoms with Crippen LogP contribution in [0.1, 0.15) is 31.1 Å². The summed E-state index contributed by atoms with van der Waals surface area (Å²) in [5.41, 5.74) is 1.30. The van der Waals surface area contributed by atoms with Gasteiger partial charge >= 0.3 is 0 Å². The molecule has 0 aliphatic heterocycles. The van der Waals surface area contributed by atoms with E-state index in [1.165, 1.54) is 11.3 Å². The zero-order valence-electron chi connectivity index (χ0n) is 17.8. The second kappa shape index (κ2) is 10.5. The fourth-order valence-electron chi connectivity index (χ4n) is 3.10. The van der Waals surface area contributed by atoms with Crippen LogP contribution in [0.25, 0.3) is 10.2 Å². The van der Waals surface area contributed by atoms with Crippen molar-refractivity contribution in [3.63, 3.8) is 0 Å². The number of allylic oxidation sites excluding steroid dienone is 1. The van der Waals surface area contributed by atoms with E-state index in [0.29, 0.717) is 59.0 Å². The van der Waals surface area contributed by atoms with E-state index in [-0.39, 0.29) is 0 Å². The SMILES string of the molecule is C=CCn1c(=NC(=O)c2cc(OCC)c(OCC)c(OCC)c2)sc2cc(Cl)ccc21. The number of hydrogen-bond donors (Lipinski definition) is 0. The lowest BCUT2D eigenvalue weighted by Gasteiger charge is -2.16. The monoisotopic (exact) mass is 460 g/mol. The van der Waals surface area contributed by atoms with Gasteiger partial charge in [0.2, 0.25) is 5.75 Å². The average molecular weight is 461 g/mol. The molecule has 0 aliphatic rings. The summed E-state index contributed by atoms with van der Waals surface area (Å²) in [6.07, 6.45) is 1.77. The molecule has 1 amide bonds. The molecule has 164 valence electrons. The van der Waals surface area contributed by atoms with Gasteiger partial charge in [-0.15, -0.1) is 6.58 Å². The molecule has 0 atom stereocenters. The summed E-state index contributed by atoms with van der Waals surface area (Å²) in [4.78, 5) is 18.1. The number of aromatic nitrogens is 1. The molecule has 3 aromatic rings. The molecule has 0 N–H and O–H groups in total. The fourth-order valence-corrected chi connectivity index (χ4v) is 4.42. The average Bonchev–Trinajstić information content (AvgIpc) is 3.06. The normalized spacial score (nSPS) is 11.5. The second-order valence-corrected chi connectivity index (χ2v) is 7.86. The number of rotatable bonds is 9. The standard InChI is InChI=1S/C23H25ClN2O4S/c1-5-11-26-17-10-9-16(24)14-20(17)31-23(26)25-22(27)15-12-18(28-6-2)21(30-8-4)19(13-15)29-7-3/h5,9-10,12-14H,1,6-8,11H2,2-4H3. The van der Waals surface area contributed by atoms with Gasteiger partial charge in [0.05, 0.1) is 30.0 Å². The summed E-state index contributed by atoms with van der Waals surface area (Å²) in [6.45, 7) is 11.3. The van der Waals surface area contributed by atoms with Gasteiger partial charge in [0.25, 0.3) is 5.91 Å². The van der Waals surface area contributed by atoms with E-state index >= 15 is 0 Å². The Morgan fingerprint density at radius 3 is 2.32 bits per heavy atom. The number of fused-ring (bicyclic) bond motifs is 1. The van der Waals surface area contributed by atoms with E-state index in [0.717, 1.165) is 10.2 Å². The van der Waals surface area contributed by atoms with Crippen molar-refractivity contribution < 1.29 is 19.0 Å². The van der Waals surface area contributed by atoms with Crippen molar-refractivity contribution >= 4 is 39.1 Å². The van der Waals surface area contributed by atoms with Gasteiger partial charge in [0.1, 0.15) is 0 Å². The lowest BCUT2D eigenvalue weighted by Crippen LogP contribution is -2.16. The van der Waals surface area contributed by atoms with Gasteiger partial charge in [-0.1, -0.05) is 29.0 Å². The van der Waals surface area contributed by atoms with Crippen LogP contribution in [0.4, 0.5) is 0 Å². The molecule has 0 saturated carbocycles. The van der Waals surface area contributed by atoms with Crippen LogP contribution >= 0.6 is 22.9 Å². The van der Waals surface area contributed by atoms with Crippen LogP contribution in [0.15, 0.2) is 48.0 Å². The first-order chi connectivity index (χ1) is 15.0. The Labute approximate surface area is 190 Å². The first-order valence-electron chi connectivity index (χ1n) is 10.1. The molecule has 1 heterocycles. The number of thiazole rings is 1. The van der Waals surface area contributed by atoms with Crippen LogP contribution in [-0.4, -0.2) is 30.3 Å². The van der Waals surface area contributed by atoms with E-state index in [4.69, 9.17) is 25.8 Å². The van der Waals surface area contributed by atoms with Crippen molar-refractivity contribution in [1.29, 1.82) is 0 Å². The lowest BCUT2D eigenvalue weighted by molar-refractivity contribution is 0.0996. The molecular formula is C23H25ClN2O4S. The fraction of sp³-hybridized carbons (Fsp3) is 0.304. The van der Waals surface area contributed by atoms with Crippen LogP contribution in [0, 0.1) is 0 Å².